The maximum absolute atomic E-state index is 13.8. The van der Waals surface area contributed by atoms with Gasteiger partial charge in [-0.2, -0.15) is 0 Å². The van der Waals surface area contributed by atoms with Gasteiger partial charge in [0, 0.05) is 4.47 Å². The standard InChI is InChI=1S/C28H27BrN2O6S/c1-6-12-37-18-10-8-17(9-11-18)13-23-26(32)31-25(19-14-21(34-4)22(35-5)15-20(19)29)24(27(33)36-7-2)16(3)30-28(31)38-23/h6,8-11,13-15,25H,1,7,12H2,2-5H3/b23-13-/t25-/m0/s1. The Morgan fingerprint density at radius 2 is 1.87 bits per heavy atom. The van der Waals surface area contributed by atoms with Gasteiger partial charge in [-0.05, 0) is 55.3 Å². The van der Waals surface area contributed by atoms with Crippen molar-refractivity contribution < 1.29 is 23.7 Å². The molecule has 0 saturated heterocycles. The lowest BCUT2D eigenvalue weighted by Gasteiger charge is -2.26. The van der Waals surface area contributed by atoms with Crippen molar-refractivity contribution in [1.29, 1.82) is 0 Å². The molecule has 3 aromatic rings. The number of fused-ring (bicyclic) bond motifs is 1. The van der Waals surface area contributed by atoms with E-state index in [1.807, 2.05) is 24.3 Å². The van der Waals surface area contributed by atoms with Crippen molar-refractivity contribution in [1.82, 2.24) is 4.57 Å². The highest BCUT2D eigenvalue weighted by atomic mass is 79.9. The number of nitrogens with zero attached hydrogens (tertiary/aromatic N) is 2. The van der Waals surface area contributed by atoms with Crippen molar-refractivity contribution in [2.75, 3.05) is 27.4 Å². The van der Waals surface area contributed by atoms with Crippen LogP contribution in [0, 0.1) is 0 Å². The molecule has 0 spiro atoms. The van der Waals surface area contributed by atoms with Gasteiger partial charge in [-0.15, -0.1) is 0 Å². The zero-order chi connectivity index (χ0) is 27.4. The van der Waals surface area contributed by atoms with E-state index in [0.717, 1.165) is 5.56 Å². The van der Waals surface area contributed by atoms with Crippen LogP contribution in [0.25, 0.3) is 6.08 Å². The topological polar surface area (TPSA) is 88.3 Å². The summed E-state index contributed by atoms with van der Waals surface area (Å²) in [5.74, 6) is 1.14. The second kappa shape index (κ2) is 11.8. The summed E-state index contributed by atoms with van der Waals surface area (Å²) in [6, 6.07) is 10.1. The van der Waals surface area contributed by atoms with E-state index in [4.69, 9.17) is 18.9 Å². The number of halogens is 1. The van der Waals surface area contributed by atoms with Gasteiger partial charge in [0.1, 0.15) is 12.4 Å². The number of hydrogen-bond donors (Lipinski definition) is 0. The predicted molar refractivity (Wildman–Crippen MR) is 150 cm³/mol. The van der Waals surface area contributed by atoms with Crippen molar-refractivity contribution >= 4 is 39.3 Å². The van der Waals surface area contributed by atoms with Gasteiger partial charge in [0.15, 0.2) is 16.3 Å². The van der Waals surface area contributed by atoms with Crippen molar-refractivity contribution in [2.45, 2.75) is 19.9 Å². The number of benzene rings is 2. The number of aromatic nitrogens is 1. The van der Waals surface area contributed by atoms with Crippen molar-refractivity contribution in [2.24, 2.45) is 4.99 Å². The van der Waals surface area contributed by atoms with Gasteiger partial charge in [0.25, 0.3) is 5.56 Å². The van der Waals surface area contributed by atoms with Gasteiger partial charge in [0.05, 0.1) is 42.7 Å². The van der Waals surface area contributed by atoms with Crippen LogP contribution in [0.4, 0.5) is 0 Å². The van der Waals surface area contributed by atoms with Crippen LogP contribution in [0.5, 0.6) is 17.2 Å². The number of carbonyl (C=O) groups excluding carboxylic acids is 1. The van der Waals surface area contributed by atoms with Gasteiger partial charge >= 0.3 is 5.97 Å². The Morgan fingerprint density at radius 1 is 1.18 bits per heavy atom. The lowest BCUT2D eigenvalue weighted by molar-refractivity contribution is -0.139. The Bertz CT molecular complexity index is 1590. The SMILES string of the molecule is C=CCOc1ccc(/C=c2\sc3n(c2=O)[C@@H](c2cc(OC)c(OC)cc2Br)C(C(=O)OCC)=C(C)N=3)cc1. The Kier molecular flexibility index (Phi) is 8.53. The maximum Gasteiger partial charge on any atom is 0.338 e. The first-order valence-corrected chi connectivity index (χ1v) is 13.4. The summed E-state index contributed by atoms with van der Waals surface area (Å²) < 4.78 is 24.5. The van der Waals surface area contributed by atoms with Crippen molar-refractivity contribution in [3.63, 3.8) is 0 Å². The second-order valence-corrected chi connectivity index (χ2v) is 10.1. The van der Waals surface area contributed by atoms with Gasteiger partial charge in [-0.1, -0.05) is 52.1 Å². The van der Waals surface area contributed by atoms with Crippen LogP contribution in [0.3, 0.4) is 0 Å². The molecule has 0 amide bonds. The van der Waals surface area contributed by atoms with Gasteiger partial charge in [0.2, 0.25) is 0 Å². The van der Waals surface area contributed by atoms with E-state index in [2.05, 4.69) is 27.5 Å². The van der Waals surface area contributed by atoms with E-state index in [9.17, 15) is 9.59 Å². The number of hydrogen-bond acceptors (Lipinski definition) is 8. The van der Waals surface area contributed by atoms with Crippen LogP contribution in [0.1, 0.15) is 31.0 Å². The summed E-state index contributed by atoms with van der Waals surface area (Å²) in [6.07, 6.45) is 3.47. The third-order valence-electron chi connectivity index (χ3n) is 5.86. The molecule has 8 nitrogen and oxygen atoms in total. The molecule has 1 aliphatic rings. The minimum atomic E-state index is -0.795. The summed E-state index contributed by atoms with van der Waals surface area (Å²) in [7, 11) is 3.07. The Morgan fingerprint density at radius 3 is 2.50 bits per heavy atom. The molecule has 2 aromatic carbocycles. The molecule has 10 heteroatoms. The smallest absolute Gasteiger partial charge is 0.338 e. The Hall–Kier alpha value is -3.63. The van der Waals surface area contributed by atoms with Crippen LogP contribution < -0.4 is 29.1 Å². The fourth-order valence-corrected chi connectivity index (χ4v) is 5.72. The molecule has 1 aliphatic heterocycles. The first kappa shape index (κ1) is 27.4. The third-order valence-corrected chi connectivity index (χ3v) is 7.53. The number of allylic oxidation sites excluding steroid dienone is 1. The van der Waals surface area contributed by atoms with E-state index in [-0.39, 0.29) is 17.7 Å². The Labute approximate surface area is 232 Å². The summed E-state index contributed by atoms with van der Waals surface area (Å²) >= 11 is 4.86. The molecule has 1 atom stereocenters. The lowest BCUT2D eigenvalue weighted by Crippen LogP contribution is -2.40. The second-order valence-electron chi connectivity index (χ2n) is 8.20. The molecule has 0 unspecified atom stereocenters. The van der Waals surface area contributed by atoms with Crippen molar-refractivity contribution in [3.8, 4) is 17.2 Å². The van der Waals surface area contributed by atoms with Crippen LogP contribution in [0.2, 0.25) is 0 Å². The highest BCUT2D eigenvalue weighted by Crippen LogP contribution is 2.40. The largest absolute Gasteiger partial charge is 0.493 e. The zero-order valence-electron chi connectivity index (χ0n) is 21.4. The monoisotopic (exact) mass is 598 g/mol. The van der Waals surface area contributed by atoms with E-state index >= 15 is 0 Å². The average molecular weight is 600 g/mol. The maximum atomic E-state index is 13.8. The molecule has 0 aliphatic carbocycles. The van der Waals surface area contributed by atoms with E-state index in [1.54, 1.807) is 45.2 Å². The average Bonchev–Trinajstić information content (AvgIpc) is 3.21. The normalized spacial score (nSPS) is 15.0. The van der Waals surface area contributed by atoms with Gasteiger partial charge in [-0.3, -0.25) is 9.36 Å². The molecule has 4 rings (SSSR count). The minimum absolute atomic E-state index is 0.187. The number of thiazole rings is 1. The van der Waals surface area contributed by atoms with Crippen LogP contribution in [-0.2, 0) is 9.53 Å². The molecule has 198 valence electrons. The number of esters is 1. The molecule has 0 N–H and O–H groups in total. The molecule has 38 heavy (non-hydrogen) atoms. The molecule has 0 bridgehead atoms. The first-order valence-electron chi connectivity index (χ1n) is 11.8. The number of methoxy groups -OCH3 is 2. The van der Waals surface area contributed by atoms with Gasteiger partial charge < -0.3 is 18.9 Å². The fraction of sp³-hybridized carbons (Fsp3) is 0.250. The van der Waals surface area contributed by atoms with Gasteiger partial charge in [-0.25, -0.2) is 9.79 Å². The lowest BCUT2D eigenvalue weighted by atomic mass is 9.95. The predicted octanol–water partition coefficient (Wildman–Crippen LogP) is 4.14. The first-order chi connectivity index (χ1) is 18.3. The summed E-state index contributed by atoms with van der Waals surface area (Å²) in [6.45, 7) is 7.72. The van der Waals surface area contributed by atoms with E-state index in [1.165, 1.54) is 23.0 Å². The number of rotatable bonds is 9. The number of ether oxygens (including phenoxy) is 4. The fourth-order valence-electron chi connectivity index (χ4n) is 4.13. The van der Waals surface area contributed by atoms with Crippen LogP contribution in [0.15, 0.2) is 74.6 Å². The molecule has 0 saturated carbocycles. The molecule has 0 fully saturated rings. The summed E-state index contributed by atoms with van der Waals surface area (Å²) in [5.41, 5.74) is 1.94. The highest BCUT2D eigenvalue weighted by molar-refractivity contribution is 9.10. The summed E-state index contributed by atoms with van der Waals surface area (Å²) in [5, 5.41) is 0. The van der Waals surface area contributed by atoms with E-state index in [0.29, 0.717) is 48.9 Å². The molecular weight excluding hydrogens is 572 g/mol. The third kappa shape index (κ3) is 5.32. The summed E-state index contributed by atoms with van der Waals surface area (Å²) in [4.78, 5) is 32.1. The van der Waals surface area contributed by atoms with E-state index < -0.39 is 12.0 Å². The van der Waals surface area contributed by atoms with Crippen molar-refractivity contribution in [3.05, 3.63) is 95.6 Å². The Balaban J connectivity index is 1.91. The quantitative estimate of drug-likeness (QED) is 0.272. The minimum Gasteiger partial charge on any atom is -0.493 e. The zero-order valence-corrected chi connectivity index (χ0v) is 23.9. The van der Waals surface area contributed by atoms with Crippen LogP contribution >= 0.6 is 27.3 Å². The molecular formula is C28H27BrN2O6S. The molecule has 2 heterocycles. The molecule has 1 aromatic heterocycles. The molecule has 0 radical (unpaired) electrons. The van der Waals surface area contributed by atoms with Crippen LogP contribution in [-0.4, -0.2) is 38.0 Å². The highest BCUT2D eigenvalue weighted by Gasteiger charge is 2.35. The number of carbonyl (C=O) groups is 1.